The molecule has 2 heterocycles. The molecule has 1 aliphatic carbocycles. The highest BCUT2D eigenvalue weighted by molar-refractivity contribution is 7.80. The van der Waals surface area contributed by atoms with Gasteiger partial charge in [0.15, 0.2) is 12.6 Å². The summed E-state index contributed by atoms with van der Waals surface area (Å²) < 4.78 is 21.7. The zero-order valence-corrected chi connectivity index (χ0v) is 41.7. The third kappa shape index (κ3) is 17.2. The average Bonchev–Trinajstić information content (AvgIpc) is 3.98. The molecule has 31 heteroatoms. The number of carbonyl (C=O) groups is 4. The molecular formula is C43H79N5O25S. The van der Waals surface area contributed by atoms with Crippen LogP contribution in [0, 0.1) is 5.92 Å². The van der Waals surface area contributed by atoms with Crippen LogP contribution in [0.15, 0.2) is 0 Å². The molecular weight excluding hydrogens is 1020 g/mol. The van der Waals surface area contributed by atoms with Crippen molar-refractivity contribution >= 4 is 36.3 Å². The van der Waals surface area contributed by atoms with Crippen molar-refractivity contribution in [2.75, 3.05) is 58.4 Å². The lowest BCUT2D eigenvalue weighted by Gasteiger charge is -2.45. The van der Waals surface area contributed by atoms with Gasteiger partial charge < -0.3 is 127 Å². The Morgan fingerprint density at radius 2 is 1.30 bits per heavy atom. The normalized spacial score (nSPS) is 32.7. The van der Waals surface area contributed by atoms with Crippen molar-refractivity contribution in [3.63, 3.8) is 0 Å². The second-order valence-electron chi connectivity index (χ2n) is 18.7. The second kappa shape index (κ2) is 31.1. The van der Waals surface area contributed by atoms with E-state index in [0.717, 1.165) is 0 Å². The van der Waals surface area contributed by atoms with Gasteiger partial charge in [0, 0.05) is 32.2 Å². The first-order valence-electron chi connectivity index (χ1n) is 24.3. The van der Waals surface area contributed by atoms with E-state index >= 15 is 0 Å². The molecule has 0 radical (unpaired) electrons. The molecule has 2 saturated heterocycles. The molecule has 0 aromatic rings. The molecule has 0 aromatic heterocycles. The van der Waals surface area contributed by atoms with Crippen LogP contribution in [0.5, 0.6) is 0 Å². The molecule has 3 fully saturated rings. The van der Waals surface area contributed by atoms with Gasteiger partial charge in [0.25, 0.3) is 0 Å². The van der Waals surface area contributed by atoms with E-state index in [4.69, 9.17) is 18.9 Å². The zero-order valence-electron chi connectivity index (χ0n) is 40.8. The highest BCUT2D eigenvalue weighted by Crippen LogP contribution is 2.53. The lowest BCUT2D eigenvalue weighted by molar-refractivity contribution is -0.330. The van der Waals surface area contributed by atoms with E-state index in [-0.39, 0.29) is 38.1 Å². The molecule has 432 valence electrons. The van der Waals surface area contributed by atoms with Crippen molar-refractivity contribution in [1.29, 1.82) is 0 Å². The quantitative estimate of drug-likeness (QED) is 0.0162. The first-order valence-corrected chi connectivity index (χ1v) is 24.9. The number of hydrogen-bond donors (Lipinski definition) is 23. The molecule has 22 N–H and O–H groups in total. The Morgan fingerprint density at radius 1 is 0.689 bits per heavy atom. The number of aliphatic hydroxyl groups excluding tert-OH is 16. The van der Waals surface area contributed by atoms with Gasteiger partial charge in [0.2, 0.25) is 23.6 Å². The summed E-state index contributed by atoms with van der Waals surface area (Å²) in [5.74, 6) is -4.51. The van der Waals surface area contributed by atoms with E-state index < -0.39 is 190 Å². The monoisotopic (exact) mass is 1100 g/mol. The van der Waals surface area contributed by atoms with Gasteiger partial charge in [-0.1, -0.05) is 12.8 Å². The van der Waals surface area contributed by atoms with Gasteiger partial charge in [-0.15, -0.1) is 0 Å². The first-order chi connectivity index (χ1) is 34.9. The number of carbonyl (C=O) groups excluding carboxylic acids is 4. The molecule has 1 saturated carbocycles. The molecule has 3 aliphatic rings. The minimum atomic E-state index is -2.45. The van der Waals surface area contributed by atoms with Crippen molar-refractivity contribution in [2.24, 2.45) is 5.92 Å². The number of thiol groups is 1. The summed E-state index contributed by atoms with van der Waals surface area (Å²) in [6, 6.07) is -2.23. The maximum atomic E-state index is 13.7. The van der Waals surface area contributed by atoms with E-state index in [0.29, 0.717) is 32.2 Å². The summed E-state index contributed by atoms with van der Waals surface area (Å²) in [4.78, 5) is 50.9. The molecule has 30 nitrogen and oxygen atoms in total. The molecule has 21 atom stereocenters. The van der Waals surface area contributed by atoms with Gasteiger partial charge in [-0.05, 0) is 38.6 Å². The van der Waals surface area contributed by atoms with E-state index in [1.54, 1.807) is 0 Å². The number of unbranched alkanes of at least 4 members (excludes halogenated alkanes) is 4. The molecule has 0 bridgehead atoms. The minimum Gasteiger partial charge on any atom is -0.394 e. The lowest BCUT2D eigenvalue weighted by atomic mass is 9.87. The van der Waals surface area contributed by atoms with Crippen LogP contribution in [-0.4, -0.2) is 290 Å². The molecule has 2 aliphatic heterocycles. The molecule has 3 rings (SSSR count). The predicted molar refractivity (Wildman–Crippen MR) is 250 cm³/mol. The Kier molecular flexibility index (Phi) is 27.6. The Labute approximate surface area is 431 Å². The first kappa shape index (κ1) is 65.6. The topological polar surface area (TPSA) is 509 Å². The van der Waals surface area contributed by atoms with Crippen LogP contribution in [0.3, 0.4) is 0 Å². The SMILES string of the molecule is CC(=O)N[C@@H](CS)C(=O)NCCCCCCNC(=O)C(CCCCN[C@@H](O)C(O)C(O)[C@@H](O[C@@H]1OC(CO)[C@H](O)C(O)C1O)C(O)CO)NC(=O)C(O)C1[C@@H](O)C1(O[C@@H]1OC(CO)CC(O)(CO)C1O)C(O)CO. The Bertz CT molecular complexity index is 1720. The fourth-order valence-corrected chi connectivity index (χ4v) is 8.96. The highest BCUT2D eigenvalue weighted by Gasteiger charge is 2.75. The summed E-state index contributed by atoms with van der Waals surface area (Å²) >= 11 is 4.07. The number of aliphatic hydroxyl groups is 17. The van der Waals surface area contributed by atoms with E-state index in [1.807, 2.05) is 0 Å². The maximum Gasteiger partial charge on any atom is 0.250 e. The summed E-state index contributed by atoms with van der Waals surface area (Å²) in [6.45, 7) is -3.36. The molecule has 0 aromatic carbocycles. The fraction of sp³-hybridized carbons (Fsp3) is 0.907. The number of nitrogens with one attached hydrogen (secondary N) is 5. The van der Waals surface area contributed by atoms with Crippen LogP contribution in [-0.2, 0) is 38.1 Å². The Morgan fingerprint density at radius 3 is 1.84 bits per heavy atom. The second-order valence-corrected chi connectivity index (χ2v) is 19.1. The maximum absolute atomic E-state index is 13.7. The van der Waals surface area contributed by atoms with Crippen LogP contribution in [0.25, 0.3) is 0 Å². The van der Waals surface area contributed by atoms with Crippen molar-refractivity contribution in [1.82, 2.24) is 26.6 Å². The number of amides is 4. The smallest absolute Gasteiger partial charge is 0.250 e. The van der Waals surface area contributed by atoms with Crippen molar-refractivity contribution < 1.29 is 125 Å². The van der Waals surface area contributed by atoms with E-state index in [2.05, 4.69) is 39.2 Å². The molecule has 4 amide bonds. The van der Waals surface area contributed by atoms with Gasteiger partial charge in [-0.25, -0.2) is 0 Å². The average molecular weight is 1100 g/mol. The number of ether oxygens (including phenoxy) is 4. The van der Waals surface area contributed by atoms with Gasteiger partial charge in [-0.3, -0.25) is 24.5 Å². The number of hydrogen-bond acceptors (Lipinski definition) is 27. The van der Waals surface area contributed by atoms with Crippen LogP contribution >= 0.6 is 12.6 Å². The number of rotatable bonds is 34. The van der Waals surface area contributed by atoms with Crippen molar-refractivity contribution in [3.05, 3.63) is 0 Å². The zero-order chi connectivity index (χ0) is 55.7. The summed E-state index contributed by atoms with van der Waals surface area (Å²) in [5, 5.41) is 189. The predicted octanol–water partition coefficient (Wildman–Crippen LogP) is -11.3. The Hall–Kier alpha value is -2.65. The molecule has 0 spiro atoms. The van der Waals surface area contributed by atoms with Crippen molar-refractivity contribution in [2.45, 2.75) is 180 Å². The highest BCUT2D eigenvalue weighted by atomic mass is 32.1. The van der Waals surface area contributed by atoms with Crippen molar-refractivity contribution in [3.8, 4) is 0 Å². The Balaban J connectivity index is 1.67. The summed E-state index contributed by atoms with van der Waals surface area (Å²) in [5.41, 5.74) is -4.76. The van der Waals surface area contributed by atoms with Crippen LogP contribution < -0.4 is 26.6 Å². The van der Waals surface area contributed by atoms with Crippen LogP contribution in [0.4, 0.5) is 0 Å². The van der Waals surface area contributed by atoms with Gasteiger partial charge in [0.05, 0.1) is 51.2 Å². The minimum absolute atomic E-state index is 0.0552. The molecule has 14 unspecified atom stereocenters. The lowest BCUT2D eigenvalue weighted by Crippen LogP contribution is -2.62. The third-order valence-corrected chi connectivity index (χ3v) is 13.6. The summed E-state index contributed by atoms with van der Waals surface area (Å²) in [6.07, 6.45) is -29.5. The van der Waals surface area contributed by atoms with E-state index in [1.165, 1.54) is 6.92 Å². The van der Waals surface area contributed by atoms with Crippen LogP contribution in [0.1, 0.15) is 58.3 Å². The van der Waals surface area contributed by atoms with Crippen LogP contribution in [0.2, 0.25) is 0 Å². The largest absolute Gasteiger partial charge is 0.394 e. The third-order valence-electron chi connectivity index (χ3n) is 13.2. The van der Waals surface area contributed by atoms with Gasteiger partial charge in [0.1, 0.15) is 96.7 Å². The van der Waals surface area contributed by atoms with Gasteiger partial charge in [-0.2, -0.15) is 12.6 Å². The summed E-state index contributed by atoms with van der Waals surface area (Å²) in [7, 11) is 0. The van der Waals surface area contributed by atoms with Gasteiger partial charge >= 0.3 is 0 Å². The molecule has 74 heavy (non-hydrogen) atoms. The van der Waals surface area contributed by atoms with E-state index in [9.17, 15) is 106 Å². The fourth-order valence-electron chi connectivity index (χ4n) is 8.70. The standard InChI is InChI=1S/C43H79N5O25S/c1-19(54)47-22(17-74)37(66)45-10-6-3-2-5-9-44-36(65)21(48-39(68)28(58)26-34(63)43(26,25(56)16-52)73-41-35(64)42(69,18-53)12-20(13-49)70-41)8-4-7-11-46-38(67)31(61)30(60)33(23(55)14-50)72-40-32(62)29(59)27(57)24(15-51)71-40/h20-35,38,40-41,46,49-53,55-64,67,69,74H,2-18H2,1H3,(H,44,65)(H,45,66)(H,47,54)(H,48,68)/t20?,21?,22-,23?,24?,25?,26?,27-,28?,29?,30?,31?,32?,33-,34+,35?,38-,40-,41-,42?,43?/m0/s1.